The second-order valence-corrected chi connectivity index (χ2v) is 6.05. The van der Waals surface area contributed by atoms with Crippen LogP contribution in [-0.4, -0.2) is 33.0 Å². The fourth-order valence-electron chi connectivity index (χ4n) is 1.95. The predicted molar refractivity (Wildman–Crippen MR) is 79.6 cm³/mol. The molecule has 0 spiro atoms. The zero-order chi connectivity index (χ0) is 14.6. The Labute approximate surface area is 122 Å². The van der Waals surface area contributed by atoms with Crippen LogP contribution in [0.1, 0.15) is 29.9 Å². The Morgan fingerprint density at radius 2 is 2.05 bits per heavy atom. The summed E-state index contributed by atoms with van der Waals surface area (Å²) in [5, 5.41) is 11.7. The van der Waals surface area contributed by atoms with Gasteiger partial charge in [-0.05, 0) is 19.4 Å². The maximum Gasteiger partial charge on any atom is 0.273 e. The summed E-state index contributed by atoms with van der Waals surface area (Å²) in [6.07, 6.45) is 0. The lowest BCUT2D eigenvalue weighted by Gasteiger charge is -2.28. The number of aliphatic hydroxyl groups is 1. The van der Waals surface area contributed by atoms with E-state index in [2.05, 4.69) is 4.98 Å². The summed E-state index contributed by atoms with van der Waals surface area (Å²) in [6.45, 7) is 4.11. The molecule has 0 saturated carbocycles. The third-order valence-corrected chi connectivity index (χ3v) is 3.32. The van der Waals surface area contributed by atoms with E-state index in [0.29, 0.717) is 12.2 Å². The third kappa shape index (κ3) is 4.15. The SMILES string of the molecule is CC(C)(O)CN(Cc1ccccc1)C(=O)c1cscn1. The van der Waals surface area contributed by atoms with E-state index in [1.54, 1.807) is 29.6 Å². The molecule has 0 fully saturated rings. The molecule has 106 valence electrons. The van der Waals surface area contributed by atoms with Crippen molar-refractivity contribution >= 4 is 17.2 Å². The van der Waals surface area contributed by atoms with Gasteiger partial charge in [0.1, 0.15) is 5.69 Å². The molecule has 5 heteroatoms. The van der Waals surface area contributed by atoms with Crippen LogP contribution in [0.5, 0.6) is 0 Å². The van der Waals surface area contributed by atoms with Gasteiger partial charge in [0.05, 0.1) is 11.1 Å². The molecular weight excluding hydrogens is 272 g/mol. The lowest BCUT2D eigenvalue weighted by molar-refractivity contribution is 0.0277. The van der Waals surface area contributed by atoms with Gasteiger partial charge < -0.3 is 10.0 Å². The van der Waals surface area contributed by atoms with Gasteiger partial charge in [0.25, 0.3) is 5.91 Å². The quantitative estimate of drug-likeness (QED) is 0.920. The Morgan fingerprint density at radius 1 is 1.35 bits per heavy atom. The molecule has 1 amide bonds. The molecule has 1 aromatic carbocycles. The first-order valence-corrected chi connectivity index (χ1v) is 7.34. The molecule has 20 heavy (non-hydrogen) atoms. The summed E-state index contributed by atoms with van der Waals surface area (Å²) in [7, 11) is 0. The first-order valence-electron chi connectivity index (χ1n) is 6.39. The van der Waals surface area contributed by atoms with Gasteiger partial charge in [0.2, 0.25) is 0 Å². The Hall–Kier alpha value is -1.72. The summed E-state index contributed by atoms with van der Waals surface area (Å²) in [5.74, 6) is -0.155. The Kier molecular flexibility index (Phi) is 4.52. The van der Waals surface area contributed by atoms with Gasteiger partial charge in [0, 0.05) is 18.5 Å². The smallest absolute Gasteiger partial charge is 0.273 e. The van der Waals surface area contributed by atoms with Crippen LogP contribution in [0.4, 0.5) is 0 Å². The van der Waals surface area contributed by atoms with Crippen molar-refractivity contribution in [2.45, 2.75) is 26.0 Å². The zero-order valence-electron chi connectivity index (χ0n) is 11.6. The minimum absolute atomic E-state index is 0.155. The van der Waals surface area contributed by atoms with E-state index in [1.165, 1.54) is 11.3 Å². The topological polar surface area (TPSA) is 53.4 Å². The summed E-state index contributed by atoms with van der Waals surface area (Å²) in [6, 6.07) is 9.74. The predicted octanol–water partition coefficient (Wildman–Crippen LogP) is 2.56. The van der Waals surface area contributed by atoms with Gasteiger partial charge in [-0.1, -0.05) is 30.3 Å². The number of hydrogen-bond acceptors (Lipinski definition) is 4. The van der Waals surface area contributed by atoms with Gasteiger partial charge in [-0.15, -0.1) is 11.3 Å². The molecule has 2 rings (SSSR count). The van der Waals surface area contributed by atoms with Crippen LogP contribution in [-0.2, 0) is 6.54 Å². The lowest BCUT2D eigenvalue weighted by atomic mass is 10.1. The first kappa shape index (κ1) is 14.7. The molecule has 1 aromatic heterocycles. The van der Waals surface area contributed by atoms with Crippen LogP contribution >= 0.6 is 11.3 Å². The van der Waals surface area contributed by atoms with E-state index in [-0.39, 0.29) is 12.5 Å². The number of carbonyl (C=O) groups is 1. The number of amides is 1. The number of benzene rings is 1. The van der Waals surface area contributed by atoms with Gasteiger partial charge in [-0.2, -0.15) is 0 Å². The van der Waals surface area contributed by atoms with Crippen molar-refractivity contribution in [1.82, 2.24) is 9.88 Å². The zero-order valence-corrected chi connectivity index (χ0v) is 12.4. The van der Waals surface area contributed by atoms with Gasteiger partial charge in [-0.3, -0.25) is 4.79 Å². The molecule has 0 radical (unpaired) electrons. The molecule has 0 atom stereocenters. The lowest BCUT2D eigenvalue weighted by Crippen LogP contribution is -2.41. The van der Waals surface area contributed by atoms with Crippen LogP contribution in [0.3, 0.4) is 0 Å². The number of thiazole rings is 1. The average molecular weight is 290 g/mol. The van der Waals surface area contributed by atoms with Crippen molar-refractivity contribution in [2.24, 2.45) is 0 Å². The minimum atomic E-state index is -0.944. The molecular formula is C15H18N2O2S. The van der Waals surface area contributed by atoms with Crippen LogP contribution < -0.4 is 0 Å². The summed E-state index contributed by atoms with van der Waals surface area (Å²) >= 11 is 1.39. The van der Waals surface area contributed by atoms with Gasteiger partial charge in [0.15, 0.2) is 0 Å². The molecule has 0 aliphatic rings. The number of rotatable bonds is 5. The number of nitrogens with zero attached hydrogens (tertiary/aromatic N) is 2. The number of aromatic nitrogens is 1. The molecule has 1 heterocycles. The van der Waals surface area contributed by atoms with Crippen LogP contribution in [0.15, 0.2) is 41.2 Å². The standard InChI is InChI=1S/C15H18N2O2S/c1-15(2,19)10-17(8-12-6-4-3-5-7-12)14(18)13-9-20-11-16-13/h3-7,9,11,19H,8,10H2,1-2H3. The van der Waals surface area contributed by atoms with Crippen LogP contribution in [0.25, 0.3) is 0 Å². The van der Waals surface area contributed by atoms with Crippen molar-refractivity contribution in [1.29, 1.82) is 0 Å². The molecule has 1 N–H and O–H groups in total. The first-order chi connectivity index (χ1) is 9.46. The van der Waals surface area contributed by atoms with Crippen molar-refractivity contribution in [2.75, 3.05) is 6.54 Å². The Bertz CT molecular complexity index is 547. The molecule has 0 saturated heterocycles. The normalized spacial score (nSPS) is 11.3. The van der Waals surface area contributed by atoms with E-state index >= 15 is 0 Å². The Morgan fingerprint density at radius 3 is 2.60 bits per heavy atom. The van der Waals surface area contributed by atoms with E-state index in [9.17, 15) is 9.90 Å². The second-order valence-electron chi connectivity index (χ2n) is 5.33. The molecule has 2 aromatic rings. The monoisotopic (exact) mass is 290 g/mol. The second kappa shape index (κ2) is 6.15. The minimum Gasteiger partial charge on any atom is -0.389 e. The van der Waals surface area contributed by atoms with E-state index in [4.69, 9.17) is 0 Å². The maximum absolute atomic E-state index is 12.4. The van der Waals surface area contributed by atoms with E-state index in [0.717, 1.165) is 5.56 Å². The molecule has 0 aliphatic heterocycles. The highest BCUT2D eigenvalue weighted by molar-refractivity contribution is 7.07. The third-order valence-electron chi connectivity index (χ3n) is 2.73. The van der Waals surface area contributed by atoms with Crippen LogP contribution in [0.2, 0.25) is 0 Å². The summed E-state index contributed by atoms with van der Waals surface area (Å²) in [4.78, 5) is 18.1. The largest absolute Gasteiger partial charge is 0.389 e. The van der Waals surface area contributed by atoms with Gasteiger partial charge in [-0.25, -0.2) is 4.98 Å². The molecule has 0 unspecified atom stereocenters. The van der Waals surface area contributed by atoms with E-state index < -0.39 is 5.60 Å². The number of hydrogen-bond donors (Lipinski definition) is 1. The van der Waals surface area contributed by atoms with Crippen molar-refractivity contribution in [3.8, 4) is 0 Å². The number of carbonyl (C=O) groups excluding carboxylic acids is 1. The maximum atomic E-state index is 12.4. The highest BCUT2D eigenvalue weighted by Crippen LogP contribution is 2.14. The van der Waals surface area contributed by atoms with Crippen molar-refractivity contribution < 1.29 is 9.90 Å². The van der Waals surface area contributed by atoms with E-state index in [1.807, 2.05) is 30.3 Å². The van der Waals surface area contributed by atoms with Crippen molar-refractivity contribution in [3.05, 3.63) is 52.5 Å². The molecule has 0 aliphatic carbocycles. The average Bonchev–Trinajstić information content (AvgIpc) is 2.90. The summed E-state index contributed by atoms with van der Waals surface area (Å²) < 4.78 is 0. The summed E-state index contributed by atoms with van der Waals surface area (Å²) in [5.41, 5.74) is 2.15. The fraction of sp³-hybridized carbons (Fsp3) is 0.333. The van der Waals surface area contributed by atoms with Gasteiger partial charge >= 0.3 is 0 Å². The highest BCUT2D eigenvalue weighted by Gasteiger charge is 2.24. The molecule has 0 bridgehead atoms. The highest BCUT2D eigenvalue weighted by atomic mass is 32.1. The molecule has 4 nitrogen and oxygen atoms in total. The van der Waals surface area contributed by atoms with Crippen LogP contribution in [0, 0.1) is 0 Å². The van der Waals surface area contributed by atoms with Crippen molar-refractivity contribution in [3.63, 3.8) is 0 Å². The Balaban J connectivity index is 2.19. The fourth-order valence-corrected chi connectivity index (χ4v) is 2.48.